The van der Waals surface area contributed by atoms with Gasteiger partial charge in [-0.2, -0.15) is 0 Å². The van der Waals surface area contributed by atoms with Crippen LogP contribution < -0.4 is 4.90 Å². The Kier molecular flexibility index (Phi) is 4.78. The fraction of sp³-hybridized carbons (Fsp3) is 0.286. The highest BCUT2D eigenvalue weighted by molar-refractivity contribution is 9.08. The molecule has 0 N–H and O–H groups in total. The summed E-state index contributed by atoms with van der Waals surface area (Å²) in [5.74, 6) is -0.146. The Bertz CT molecular complexity index is 499. The van der Waals surface area contributed by atoms with Gasteiger partial charge in [0.2, 0.25) is 0 Å². The van der Waals surface area contributed by atoms with Crippen LogP contribution in [0.25, 0.3) is 0 Å². The molecule has 0 bridgehead atoms. The summed E-state index contributed by atoms with van der Waals surface area (Å²) in [6.45, 7) is 0.893. The van der Waals surface area contributed by atoms with Gasteiger partial charge in [-0.3, -0.25) is 0 Å². The van der Waals surface area contributed by atoms with E-state index in [1.54, 1.807) is 17.4 Å². The molecule has 0 aliphatic heterocycles. The van der Waals surface area contributed by atoms with Crippen LogP contribution in [0.3, 0.4) is 0 Å². The summed E-state index contributed by atoms with van der Waals surface area (Å²) in [4.78, 5) is 3.47. The second kappa shape index (κ2) is 6.34. The lowest BCUT2D eigenvalue weighted by Gasteiger charge is -2.22. The number of halogens is 2. The van der Waals surface area contributed by atoms with E-state index in [4.69, 9.17) is 0 Å². The first kappa shape index (κ1) is 13.6. The Labute approximate surface area is 119 Å². The summed E-state index contributed by atoms with van der Waals surface area (Å²) in [6.07, 6.45) is 0.992. The SMILES string of the molecule is CN(CCc1cccs1)c1cccc(F)c1CBr. The molecule has 0 aliphatic carbocycles. The predicted molar refractivity (Wildman–Crippen MR) is 80.3 cm³/mol. The maximum Gasteiger partial charge on any atom is 0.129 e. The third-order valence-corrected chi connectivity index (χ3v) is 4.41. The van der Waals surface area contributed by atoms with Gasteiger partial charge >= 0.3 is 0 Å². The lowest BCUT2D eigenvalue weighted by atomic mass is 10.1. The van der Waals surface area contributed by atoms with Gasteiger partial charge in [0.25, 0.3) is 0 Å². The van der Waals surface area contributed by atoms with Crippen LogP contribution in [0.4, 0.5) is 10.1 Å². The molecule has 18 heavy (non-hydrogen) atoms. The highest BCUT2D eigenvalue weighted by Crippen LogP contribution is 2.25. The third-order valence-electron chi connectivity index (χ3n) is 2.91. The van der Waals surface area contributed by atoms with Crippen molar-refractivity contribution in [2.45, 2.75) is 11.8 Å². The van der Waals surface area contributed by atoms with Crippen LogP contribution in [-0.4, -0.2) is 13.6 Å². The molecule has 1 heterocycles. The topological polar surface area (TPSA) is 3.24 Å². The molecule has 0 fully saturated rings. The van der Waals surface area contributed by atoms with Crippen LogP contribution in [0.15, 0.2) is 35.7 Å². The van der Waals surface area contributed by atoms with Crippen molar-refractivity contribution in [3.8, 4) is 0 Å². The monoisotopic (exact) mass is 327 g/mol. The number of thiophene rings is 1. The van der Waals surface area contributed by atoms with Crippen molar-refractivity contribution in [3.63, 3.8) is 0 Å². The summed E-state index contributed by atoms with van der Waals surface area (Å²) < 4.78 is 13.7. The molecule has 0 atom stereocenters. The highest BCUT2D eigenvalue weighted by Gasteiger charge is 2.10. The molecule has 0 unspecified atom stereocenters. The molecule has 0 saturated heterocycles. The molecule has 0 saturated carbocycles. The molecule has 4 heteroatoms. The van der Waals surface area contributed by atoms with E-state index in [0.717, 1.165) is 24.2 Å². The molecule has 1 nitrogen and oxygen atoms in total. The van der Waals surface area contributed by atoms with Crippen LogP contribution in [0.5, 0.6) is 0 Å². The average molecular weight is 328 g/mol. The van der Waals surface area contributed by atoms with Gasteiger partial charge in [-0.25, -0.2) is 4.39 Å². The lowest BCUT2D eigenvalue weighted by molar-refractivity contribution is 0.617. The van der Waals surface area contributed by atoms with Gasteiger partial charge in [-0.05, 0) is 30.0 Å². The Morgan fingerprint density at radius 1 is 1.28 bits per heavy atom. The number of likely N-dealkylation sites (N-methyl/N-ethyl adjacent to an activating group) is 1. The van der Waals surface area contributed by atoms with Gasteiger partial charge in [0.15, 0.2) is 0 Å². The summed E-state index contributed by atoms with van der Waals surface area (Å²) in [5, 5.41) is 2.62. The molecule has 1 aromatic carbocycles. The summed E-state index contributed by atoms with van der Waals surface area (Å²) in [6, 6.07) is 9.43. The van der Waals surface area contributed by atoms with Crippen molar-refractivity contribution in [1.29, 1.82) is 0 Å². The first-order valence-electron chi connectivity index (χ1n) is 5.79. The van der Waals surface area contributed by atoms with Crippen molar-refractivity contribution in [2.75, 3.05) is 18.5 Å². The van der Waals surface area contributed by atoms with Crippen LogP contribution in [0, 0.1) is 5.82 Å². The number of anilines is 1. The Balaban J connectivity index is 2.08. The van der Waals surface area contributed by atoms with E-state index in [1.165, 1.54) is 10.9 Å². The third kappa shape index (κ3) is 3.12. The van der Waals surface area contributed by atoms with E-state index in [9.17, 15) is 4.39 Å². The van der Waals surface area contributed by atoms with Crippen molar-refractivity contribution < 1.29 is 4.39 Å². The van der Waals surface area contributed by atoms with E-state index >= 15 is 0 Å². The smallest absolute Gasteiger partial charge is 0.129 e. The fourth-order valence-electron chi connectivity index (χ4n) is 1.89. The van der Waals surface area contributed by atoms with Gasteiger partial charge in [-0.1, -0.05) is 28.1 Å². The zero-order valence-electron chi connectivity index (χ0n) is 10.2. The van der Waals surface area contributed by atoms with Crippen molar-refractivity contribution >= 4 is 33.0 Å². The number of alkyl halides is 1. The molecule has 0 aliphatic rings. The number of hydrogen-bond donors (Lipinski definition) is 0. The maximum atomic E-state index is 13.7. The fourth-order valence-corrected chi connectivity index (χ4v) is 3.14. The molecule has 2 rings (SSSR count). The van der Waals surface area contributed by atoms with E-state index in [2.05, 4.69) is 38.3 Å². The van der Waals surface area contributed by atoms with Gasteiger partial charge in [0.1, 0.15) is 5.82 Å². The quantitative estimate of drug-likeness (QED) is 0.733. The van der Waals surface area contributed by atoms with Gasteiger partial charge in [-0.15, -0.1) is 11.3 Å². The average Bonchev–Trinajstić information content (AvgIpc) is 2.88. The summed E-state index contributed by atoms with van der Waals surface area (Å²) in [5.41, 5.74) is 1.69. The molecule has 0 spiro atoms. The first-order valence-corrected chi connectivity index (χ1v) is 7.79. The first-order chi connectivity index (χ1) is 8.72. The predicted octanol–water partition coefficient (Wildman–Crippen LogP) is 4.46. The van der Waals surface area contributed by atoms with Gasteiger partial charge in [0.05, 0.1) is 0 Å². The Morgan fingerprint density at radius 2 is 2.11 bits per heavy atom. The number of hydrogen-bond acceptors (Lipinski definition) is 2. The number of nitrogens with zero attached hydrogens (tertiary/aromatic N) is 1. The molecule has 1 aromatic heterocycles. The minimum atomic E-state index is -0.146. The lowest BCUT2D eigenvalue weighted by Crippen LogP contribution is -2.21. The zero-order chi connectivity index (χ0) is 13.0. The normalized spacial score (nSPS) is 10.6. The molecule has 0 amide bonds. The molecular formula is C14H15BrFNS. The van der Waals surface area contributed by atoms with Gasteiger partial charge in [0, 0.05) is 35.1 Å². The molecular weight excluding hydrogens is 313 g/mol. The standard InChI is InChI=1S/C14H15BrFNS/c1-17(8-7-11-4-3-9-18-11)14-6-2-5-13(16)12(14)10-15/h2-6,9H,7-8,10H2,1H3. The number of rotatable bonds is 5. The van der Waals surface area contributed by atoms with E-state index in [1.807, 2.05) is 13.1 Å². The maximum absolute atomic E-state index is 13.7. The molecule has 2 aromatic rings. The van der Waals surface area contributed by atoms with Crippen molar-refractivity contribution in [2.24, 2.45) is 0 Å². The van der Waals surface area contributed by atoms with Crippen molar-refractivity contribution in [3.05, 3.63) is 52.0 Å². The van der Waals surface area contributed by atoms with E-state index in [-0.39, 0.29) is 5.82 Å². The second-order valence-corrected chi connectivity index (χ2v) is 5.72. The van der Waals surface area contributed by atoms with Crippen LogP contribution in [0.1, 0.15) is 10.4 Å². The molecule has 96 valence electrons. The number of benzene rings is 1. The van der Waals surface area contributed by atoms with Crippen molar-refractivity contribution in [1.82, 2.24) is 0 Å². The highest BCUT2D eigenvalue weighted by atomic mass is 79.9. The zero-order valence-corrected chi connectivity index (χ0v) is 12.6. The van der Waals surface area contributed by atoms with Crippen LogP contribution >= 0.6 is 27.3 Å². The Morgan fingerprint density at radius 3 is 2.78 bits per heavy atom. The van der Waals surface area contributed by atoms with Crippen LogP contribution in [-0.2, 0) is 11.8 Å². The van der Waals surface area contributed by atoms with Gasteiger partial charge < -0.3 is 4.90 Å². The largest absolute Gasteiger partial charge is 0.374 e. The van der Waals surface area contributed by atoms with Crippen LogP contribution in [0.2, 0.25) is 0 Å². The summed E-state index contributed by atoms with van der Waals surface area (Å²) in [7, 11) is 2.01. The Hall–Kier alpha value is -0.870. The summed E-state index contributed by atoms with van der Waals surface area (Å²) >= 11 is 5.12. The van der Waals surface area contributed by atoms with E-state index in [0.29, 0.717) is 5.33 Å². The minimum absolute atomic E-state index is 0.146. The minimum Gasteiger partial charge on any atom is -0.374 e. The second-order valence-electron chi connectivity index (χ2n) is 4.12. The molecule has 0 radical (unpaired) electrons. The van der Waals surface area contributed by atoms with E-state index < -0.39 is 0 Å².